The lowest BCUT2D eigenvalue weighted by molar-refractivity contribution is -0.870. The Morgan fingerprint density at radius 1 is 0.330 bits per heavy atom. The molecule has 0 aliphatic heterocycles. The highest BCUT2D eigenvalue weighted by atomic mass is 31.2. The molecule has 0 radical (unpaired) electrons. The van der Waals surface area contributed by atoms with Crippen LogP contribution in [0, 0.1) is 0 Å². The van der Waals surface area contributed by atoms with E-state index in [0.717, 1.165) is 161 Å². The van der Waals surface area contributed by atoms with Gasteiger partial charge >= 0.3 is 11.9 Å². The van der Waals surface area contributed by atoms with Crippen LogP contribution in [0.25, 0.3) is 0 Å². The van der Waals surface area contributed by atoms with Crippen molar-refractivity contribution < 1.29 is 42.1 Å². The molecule has 0 saturated heterocycles. The third-order valence-corrected chi connectivity index (χ3v) is 14.5. The normalized spacial score (nSPS) is 14.7. The molecule has 0 aliphatic carbocycles. The van der Waals surface area contributed by atoms with Crippen molar-refractivity contribution in [1.29, 1.82) is 0 Å². The van der Waals surface area contributed by atoms with Crippen molar-refractivity contribution in [2.75, 3.05) is 47.5 Å². The van der Waals surface area contributed by atoms with Crippen LogP contribution in [0.5, 0.6) is 0 Å². The van der Waals surface area contributed by atoms with Crippen LogP contribution in [0.4, 0.5) is 0 Å². The zero-order chi connectivity index (χ0) is 68.3. The average Bonchev–Trinajstić information content (AvgIpc) is 1.57. The minimum atomic E-state index is -4.68. The maximum atomic E-state index is 12.9. The quantitative estimate of drug-likeness (QED) is 0.0195. The van der Waals surface area contributed by atoms with E-state index in [1.807, 2.05) is 27.2 Å². The summed E-state index contributed by atoms with van der Waals surface area (Å²) in [6.07, 6.45) is 118. The summed E-state index contributed by atoms with van der Waals surface area (Å²) >= 11 is 0. The van der Waals surface area contributed by atoms with Crippen LogP contribution >= 0.6 is 7.82 Å². The lowest BCUT2D eigenvalue weighted by Gasteiger charge is -2.28. The highest BCUT2D eigenvalue weighted by Gasteiger charge is 2.22. The molecule has 0 aromatic carbocycles. The number of rotatable bonds is 61. The highest BCUT2D eigenvalue weighted by Crippen LogP contribution is 2.38. The molecule has 94 heavy (non-hydrogen) atoms. The minimum absolute atomic E-state index is 0.0608. The first-order chi connectivity index (χ1) is 46.0. The first-order valence-electron chi connectivity index (χ1n) is 35.4. The zero-order valence-corrected chi connectivity index (χ0v) is 59.9. The second-order valence-corrected chi connectivity index (χ2v) is 24.8. The van der Waals surface area contributed by atoms with Gasteiger partial charge in [-0.15, -0.1) is 0 Å². The van der Waals surface area contributed by atoms with E-state index in [0.29, 0.717) is 30.3 Å². The number of likely N-dealkylation sites (N-methyl/N-ethyl adjacent to an activating group) is 1. The molecule has 0 bridgehead atoms. The van der Waals surface area contributed by atoms with Crippen LogP contribution in [0.3, 0.4) is 0 Å². The van der Waals surface area contributed by atoms with Gasteiger partial charge in [-0.1, -0.05) is 282 Å². The molecular weight excluding hydrogens is 1180 g/mol. The summed E-state index contributed by atoms with van der Waals surface area (Å²) in [5.41, 5.74) is 0. The number of phosphoric acid groups is 1. The highest BCUT2D eigenvalue weighted by molar-refractivity contribution is 7.45. The van der Waals surface area contributed by atoms with Crippen molar-refractivity contribution in [3.63, 3.8) is 0 Å². The molecule has 0 aromatic heterocycles. The fraction of sp³-hybridized carbons (Fsp3) is 0.476. The molecule has 0 aromatic rings. The summed E-state index contributed by atoms with van der Waals surface area (Å²) in [5, 5.41) is 0. The number of phosphoric ester groups is 1. The summed E-state index contributed by atoms with van der Waals surface area (Å²) in [6, 6.07) is 0. The van der Waals surface area contributed by atoms with E-state index in [1.54, 1.807) is 0 Å². The Morgan fingerprint density at radius 2 is 0.585 bits per heavy atom. The van der Waals surface area contributed by atoms with Crippen molar-refractivity contribution in [1.82, 2.24) is 0 Å². The van der Waals surface area contributed by atoms with Crippen LogP contribution in [0.1, 0.15) is 206 Å². The van der Waals surface area contributed by atoms with Gasteiger partial charge in [-0.05, 0) is 167 Å². The van der Waals surface area contributed by atoms with E-state index in [4.69, 9.17) is 18.5 Å². The van der Waals surface area contributed by atoms with E-state index in [-0.39, 0.29) is 26.1 Å². The molecule has 0 rings (SSSR count). The van der Waals surface area contributed by atoms with Crippen molar-refractivity contribution >= 4 is 19.8 Å². The molecule has 2 unspecified atom stereocenters. The van der Waals surface area contributed by atoms with E-state index in [1.165, 1.54) is 0 Å². The van der Waals surface area contributed by atoms with Crippen molar-refractivity contribution in [2.24, 2.45) is 0 Å². The summed E-state index contributed by atoms with van der Waals surface area (Å²) < 4.78 is 34.2. The Bertz CT molecular complexity index is 2540. The minimum Gasteiger partial charge on any atom is -0.756 e. The van der Waals surface area contributed by atoms with Gasteiger partial charge in [0.05, 0.1) is 27.7 Å². The molecular formula is C84H126NO8P. The Morgan fingerprint density at radius 3 is 0.872 bits per heavy atom. The fourth-order valence-corrected chi connectivity index (χ4v) is 8.95. The summed E-state index contributed by atoms with van der Waals surface area (Å²) in [5.74, 6) is -0.957. The monoisotopic (exact) mass is 1310 g/mol. The van der Waals surface area contributed by atoms with Crippen LogP contribution < -0.4 is 4.89 Å². The fourth-order valence-electron chi connectivity index (χ4n) is 8.22. The van der Waals surface area contributed by atoms with Gasteiger partial charge in [-0.3, -0.25) is 14.2 Å². The molecule has 0 N–H and O–H groups in total. The molecule has 0 fully saturated rings. The first kappa shape index (κ1) is 87.5. The first-order valence-corrected chi connectivity index (χ1v) is 36.9. The topological polar surface area (TPSA) is 111 Å². The Balaban J connectivity index is 4.30. The van der Waals surface area contributed by atoms with Crippen LogP contribution in [-0.4, -0.2) is 70.0 Å². The Kier molecular flexibility index (Phi) is 66.0. The number of carbonyl (C=O) groups excluding carboxylic acids is 2. The van der Waals surface area contributed by atoms with E-state index < -0.39 is 32.5 Å². The van der Waals surface area contributed by atoms with Gasteiger partial charge in [-0.25, -0.2) is 0 Å². The maximum absolute atomic E-state index is 12.9. The maximum Gasteiger partial charge on any atom is 0.306 e. The van der Waals surface area contributed by atoms with E-state index in [9.17, 15) is 19.0 Å². The SMILES string of the molecule is CC/C=C\C/C=C\C/C=C\C/C=C\C/C=C\C/C=C\C/C=C\C/C=C\C/C=C\C/C=C\C/C=C\C/C=C\CCCCCCC(=O)OC(COC(=O)CCC/C=C\C/C=C\C/C=C\C/C=C\C/C=C\C/C=C\C/C=C\C/C=C\C/C=C\CC)COP(=O)([O-])OCC[N+](C)(C)C. The number of allylic oxidation sites excluding steroid dienone is 42. The molecule has 10 heteroatoms. The van der Waals surface area contributed by atoms with E-state index in [2.05, 4.69) is 263 Å². The van der Waals surface area contributed by atoms with Gasteiger partial charge in [0.25, 0.3) is 7.82 Å². The van der Waals surface area contributed by atoms with Gasteiger partial charge in [0.15, 0.2) is 6.10 Å². The number of quaternary nitrogens is 1. The average molecular weight is 1310 g/mol. The molecule has 0 aliphatic rings. The summed E-state index contributed by atoms with van der Waals surface area (Å²) in [7, 11) is 1.07. The lowest BCUT2D eigenvalue weighted by Crippen LogP contribution is -2.37. The number of hydrogen-bond acceptors (Lipinski definition) is 8. The van der Waals surface area contributed by atoms with Crippen LogP contribution in [0.2, 0.25) is 0 Å². The molecule has 520 valence electrons. The second-order valence-electron chi connectivity index (χ2n) is 23.4. The number of carbonyl (C=O) groups is 2. The molecule has 0 heterocycles. The molecule has 9 nitrogen and oxygen atoms in total. The predicted molar refractivity (Wildman–Crippen MR) is 405 cm³/mol. The van der Waals surface area contributed by atoms with Crippen LogP contribution in [-0.2, 0) is 32.7 Å². The third-order valence-electron chi connectivity index (χ3n) is 13.6. The standard InChI is InChI=1S/C84H126NO8P/c1-6-8-10-12-14-16-18-20-22-24-26-28-30-32-34-36-37-38-39-40-41-42-43-44-45-46-47-49-51-53-55-57-59-61-63-65-67-69-71-73-75-77-84(87)93-82(81-92-94(88,89)91-79-78-85(3,4)5)80-90-83(86)76-74-72-70-68-66-64-62-60-58-56-54-52-50-48-35-33-31-29-27-25-23-21-19-17-15-13-11-9-7-2/h8-11,14-17,20-23,26-29,32-35,37-38,40-41,43-44,46-47,50-53,56-59,62-65,68,70,82H,6-7,12-13,18-19,24-25,30-31,36,39,42,45,48-49,54-55,60-61,66-67,69,71-81H2,1-5H3/b10-8-,11-9-,16-14-,17-15-,22-20-,23-21-,28-26-,29-27-,34-32-,35-33-,38-37-,41-40-,44-43-,47-46-,52-50-,53-51-,58-56-,59-57-,64-62-,65-63-,70-68-. The van der Waals surface area contributed by atoms with Crippen molar-refractivity contribution in [3.05, 3.63) is 255 Å². The Hall–Kier alpha value is -6.45. The molecule has 0 saturated carbocycles. The largest absolute Gasteiger partial charge is 0.756 e. The van der Waals surface area contributed by atoms with Gasteiger partial charge < -0.3 is 27.9 Å². The van der Waals surface area contributed by atoms with Gasteiger partial charge in [0.1, 0.15) is 19.8 Å². The van der Waals surface area contributed by atoms with Crippen LogP contribution in [0.15, 0.2) is 255 Å². The molecule has 2 atom stereocenters. The third kappa shape index (κ3) is 74.6. The van der Waals surface area contributed by atoms with Gasteiger partial charge in [0, 0.05) is 12.8 Å². The second kappa shape index (κ2) is 70.9. The summed E-state index contributed by atoms with van der Waals surface area (Å²) in [6.45, 7) is 3.87. The predicted octanol–water partition coefficient (Wildman–Crippen LogP) is 23.1. The lowest BCUT2D eigenvalue weighted by atomic mass is 10.1. The van der Waals surface area contributed by atoms with Gasteiger partial charge in [0.2, 0.25) is 0 Å². The number of nitrogens with zero attached hydrogens (tertiary/aromatic N) is 1. The number of unbranched alkanes of at least 4 members (excludes halogenated alkanes) is 5. The van der Waals surface area contributed by atoms with Crippen molar-refractivity contribution in [2.45, 2.75) is 213 Å². The molecule has 0 spiro atoms. The smallest absolute Gasteiger partial charge is 0.306 e. The molecule has 0 amide bonds. The zero-order valence-electron chi connectivity index (χ0n) is 59.0. The number of esters is 2. The Labute approximate surface area is 574 Å². The van der Waals surface area contributed by atoms with Crippen molar-refractivity contribution in [3.8, 4) is 0 Å². The summed E-state index contributed by atoms with van der Waals surface area (Å²) in [4.78, 5) is 38.0. The van der Waals surface area contributed by atoms with E-state index >= 15 is 0 Å². The number of ether oxygens (including phenoxy) is 2. The van der Waals surface area contributed by atoms with Gasteiger partial charge in [-0.2, -0.15) is 0 Å². The number of hydrogen-bond donors (Lipinski definition) is 0.